The molecule has 7 nitrogen and oxygen atoms in total. The molecule has 0 aliphatic rings. The Hall–Kier alpha value is -2.42. The summed E-state index contributed by atoms with van der Waals surface area (Å²) in [5, 5.41) is 12.5. The lowest BCUT2D eigenvalue weighted by Gasteiger charge is -2.16. The first-order valence-corrected chi connectivity index (χ1v) is 11.0. The molecule has 2 aromatic carbocycles. The van der Waals surface area contributed by atoms with Gasteiger partial charge in [-0.15, -0.1) is 0 Å². The lowest BCUT2D eigenvalue weighted by atomic mass is 10.1. The van der Waals surface area contributed by atoms with Gasteiger partial charge in [0.25, 0.3) is 0 Å². The van der Waals surface area contributed by atoms with Crippen LogP contribution in [0.25, 0.3) is 0 Å². The average molecular weight is 421 g/mol. The van der Waals surface area contributed by atoms with Crippen molar-refractivity contribution in [2.24, 2.45) is 0 Å². The van der Waals surface area contributed by atoms with Gasteiger partial charge >= 0.3 is 5.97 Å². The molecule has 0 heterocycles. The highest BCUT2D eigenvalue weighted by Gasteiger charge is 2.21. The van der Waals surface area contributed by atoms with Crippen LogP contribution in [0.5, 0.6) is 0 Å². The molecule has 0 fully saturated rings. The summed E-state index contributed by atoms with van der Waals surface area (Å²) >= 11 is 0. The predicted molar refractivity (Wildman–Crippen MR) is 113 cm³/mol. The molecule has 158 valence electrons. The van der Waals surface area contributed by atoms with Gasteiger partial charge in [-0.25, -0.2) is 17.9 Å². The number of ether oxygens (including phenoxy) is 1. The Morgan fingerprint density at radius 3 is 2.41 bits per heavy atom. The quantitative estimate of drug-likeness (QED) is 0.479. The molecule has 0 aromatic heterocycles. The van der Waals surface area contributed by atoms with E-state index in [2.05, 4.69) is 10.0 Å². The molecule has 0 bridgehead atoms. The molecule has 29 heavy (non-hydrogen) atoms. The smallest absolute Gasteiger partial charge is 0.337 e. The minimum Gasteiger partial charge on any atom is -0.478 e. The number of rotatable bonds is 11. The van der Waals surface area contributed by atoms with Crippen molar-refractivity contribution in [1.29, 1.82) is 0 Å². The number of hydrogen-bond acceptors (Lipinski definition) is 5. The second-order valence-electron chi connectivity index (χ2n) is 6.97. The first-order valence-electron chi connectivity index (χ1n) is 9.51. The zero-order valence-corrected chi connectivity index (χ0v) is 17.7. The molecule has 0 aliphatic heterocycles. The van der Waals surface area contributed by atoms with Gasteiger partial charge in [-0.05, 0) is 51.0 Å². The number of benzene rings is 2. The Morgan fingerprint density at radius 2 is 1.79 bits per heavy atom. The average Bonchev–Trinajstić information content (AvgIpc) is 2.67. The van der Waals surface area contributed by atoms with Gasteiger partial charge in [0.1, 0.15) is 0 Å². The first-order chi connectivity index (χ1) is 13.7. The SMILES string of the molecule is CC(C)OCCCNc1ccc(S(=O)(=O)NC(C)c2ccccc2)cc1C(=O)O. The Morgan fingerprint density at radius 1 is 1.10 bits per heavy atom. The molecular formula is C21H28N2O5S. The summed E-state index contributed by atoms with van der Waals surface area (Å²) in [7, 11) is -3.88. The van der Waals surface area contributed by atoms with Crippen molar-refractivity contribution in [3.05, 3.63) is 59.7 Å². The van der Waals surface area contributed by atoms with Crippen LogP contribution in [0.2, 0.25) is 0 Å². The number of anilines is 1. The van der Waals surface area contributed by atoms with E-state index in [0.29, 0.717) is 25.3 Å². The molecule has 0 saturated carbocycles. The molecule has 1 atom stereocenters. The minimum absolute atomic E-state index is 0.0913. The number of sulfonamides is 1. The molecular weight excluding hydrogens is 392 g/mol. The fraction of sp³-hybridized carbons (Fsp3) is 0.381. The molecule has 2 aromatic rings. The first kappa shape index (κ1) is 22.9. The lowest BCUT2D eigenvalue weighted by molar-refractivity contribution is 0.0697. The van der Waals surface area contributed by atoms with Crippen LogP contribution in [0.4, 0.5) is 5.69 Å². The van der Waals surface area contributed by atoms with Gasteiger partial charge in [0.2, 0.25) is 10.0 Å². The molecule has 0 saturated heterocycles. The van der Waals surface area contributed by atoms with Gasteiger partial charge in [0.15, 0.2) is 0 Å². The highest BCUT2D eigenvalue weighted by atomic mass is 32.2. The molecule has 0 aliphatic carbocycles. The highest BCUT2D eigenvalue weighted by Crippen LogP contribution is 2.23. The van der Waals surface area contributed by atoms with Gasteiger partial charge in [-0.1, -0.05) is 30.3 Å². The van der Waals surface area contributed by atoms with E-state index in [1.54, 1.807) is 6.92 Å². The second kappa shape index (κ2) is 10.4. The van der Waals surface area contributed by atoms with Crippen LogP contribution in [-0.4, -0.2) is 38.7 Å². The van der Waals surface area contributed by atoms with Crippen LogP contribution in [0.15, 0.2) is 53.4 Å². The Kier molecular flexibility index (Phi) is 8.19. The number of hydrogen-bond donors (Lipinski definition) is 3. The van der Waals surface area contributed by atoms with Crippen LogP contribution in [0.3, 0.4) is 0 Å². The van der Waals surface area contributed by atoms with Crippen LogP contribution in [0.1, 0.15) is 49.2 Å². The third-order valence-corrected chi connectivity index (χ3v) is 5.79. The summed E-state index contributed by atoms with van der Waals surface area (Å²) in [6.45, 7) is 6.70. The summed E-state index contributed by atoms with van der Waals surface area (Å²) in [6.07, 6.45) is 0.841. The lowest BCUT2D eigenvalue weighted by Crippen LogP contribution is -2.27. The summed E-state index contributed by atoms with van der Waals surface area (Å²) in [5.41, 5.74) is 1.10. The van der Waals surface area contributed by atoms with Crippen molar-refractivity contribution >= 4 is 21.7 Å². The summed E-state index contributed by atoms with van der Waals surface area (Å²) < 4.78 is 33.5. The van der Waals surface area contributed by atoms with Crippen LogP contribution in [0, 0.1) is 0 Å². The fourth-order valence-corrected chi connectivity index (χ4v) is 4.00. The minimum atomic E-state index is -3.88. The maximum atomic E-state index is 12.7. The van der Waals surface area contributed by atoms with Crippen molar-refractivity contribution in [2.45, 2.75) is 44.2 Å². The maximum Gasteiger partial charge on any atom is 0.337 e. The molecule has 0 amide bonds. The van der Waals surface area contributed by atoms with E-state index in [0.717, 1.165) is 5.56 Å². The van der Waals surface area contributed by atoms with E-state index in [9.17, 15) is 18.3 Å². The van der Waals surface area contributed by atoms with Crippen LogP contribution >= 0.6 is 0 Å². The van der Waals surface area contributed by atoms with Gasteiger partial charge in [-0.2, -0.15) is 0 Å². The Bertz CT molecular complexity index is 914. The number of carbonyl (C=O) groups is 1. The molecule has 0 spiro atoms. The van der Waals surface area contributed by atoms with E-state index < -0.39 is 22.0 Å². The highest BCUT2D eigenvalue weighted by molar-refractivity contribution is 7.89. The Balaban J connectivity index is 2.12. The number of carboxylic acids is 1. The van der Waals surface area contributed by atoms with Crippen molar-refractivity contribution in [3.63, 3.8) is 0 Å². The number of carboxylic acid groups (broad SMARTS) is 1. The molecule has 0 radical (unpaired) electrons. The van der Waals surface area contributed by atoms with Crippen LogP contribution in [-0.2, 0) is 14.8 Å². The third-order valence-electron chi connectivity index (χ3n) is 4.25. The van der Waals surface area contributed by atoms with Gasteiger partial charge in [0, 0.05) is 24.9 Å². The molecule has 3 N–H and O–H groups in total. The van der Waals surface area contributed by atoms with Crippen molar-refractivity contribution in [2.75, 3.05) is 18.5 Å². The number of aromatic carboxylic acids is 1. The summed E-state index contributed by atoms with van der Waals surface area (Å²) in [4.78, 5) is 11.6. The van der Waals surface area contributed by atoms with E-state index in [-0.39, 0.29) is 16.6 Å². The standard InChI is InChI=1S/C21H28N2O5S/c1-15(2)28-13-7-12-22-20-11-10-18(14-19(20)21(24)25)29(26,27)23-16(3)17-8-5-4-6-9-17/h4-6,8-11,14-16,22-23H,7,12-13H2,1-3H3,(H,24,25). The van der Waals surface area contributed by atoms with E-state index >= 15 is 0 Å². The monoisotopic (exact) mass is 420 g/mol. The topological polar surface area (TPSA) is 105 Å². The van der Waals surface area contributed by atoms with E-state index in [1.807, 2.05) is 44.2 Å². The maximum absolute atomic E-state index is 12.7. The van der Waals surface area contributed by atoms with E-state index in [4.69, 9.17) is 4.74 Å². The summed E-state index contributed by atoms with van der Waals surface area (Å²) in [5.74, 6) is -1.20. The van der Waals surface area contributed by atoms with Gasteiger partial charge in [-0.3, -0.25) is 0 Å². The zero-order valence-electron chi connectivity index (χ0n) is 16.9. The summed E-state index contributed by atoms with van der Waals surface area (Å²) in [6, 6.07) is 12.8. The molecule has 1 unspecified atom stereocenters. The van der Waals surface area contributed by atoms with Crippen molar-refractivity contribution in [3.8, 4) is 0 Å². The second-order valence-corrected chi connectivity index (χ2v) is 8.68. The number of nitrogens with one attached hydrogen (secondary N) is 2. The van der Waals surface area contributed by atoms with Crippen LogP contribution < -0.4 is 10.0 Å². The largest absolute Gasteiger partial charge is 0.478 e. The zero-order chi connectivity index (χ0) is 21.4. The van der Waals surface area contributed by atoms with Gasteiger partial charge < -0.3 is 15.2 Å². The van der Waals surface area contributed by atoms with Crippen molar-refractivity contribution in [1.82, 2.24) is 4.72 Å². The van der Waals surface area contributed by atoms with E-state index in [1.165, 1.54) is 18.2 Å². The van der Waals surface area contributed by atoms with Crippen molar-refractivity contribution < 1.29 is 23.1 Å². The molecule has 8 heteroatoms. The predicted octanol–water partition coefficient (Wildman–Crippen LogP) is 3.65. The Labute approximate surface area is 172 Å². The molecule has 2 rings (SSSR count). The van der Waals surface area contributed by atoms with Gasteiger partial charge in [0.05, 0.1) is 16.6 Å². The third kappa shape index (κ3) is 6.85. The normalized spacial score (nSPS) is 12.7. The fourth-order valence-electron chi connectivity index (χ4n) is 2.75.